The second-order valence-electron chi connectivity index (χ2n) is 6.07. The van der Waals surface area contributed by atoms with Gasteiger partial charge in [-0.05, 0) is 47.8 Å². The van der Waals surface area contributed by atoms with Gasteiger partial charge in [0.05, 0.1) is 7.11 Å². The Labute approximate surface area is 179 Å². The number of hydrogen-bond donors (Lipinski definition) is 2. The normalized spacial score (nSPS) is 11.9. The van der Waals surface area contributed by atoms with Gasteiger partial charge in [-0.3, -0.25) is 4.79 Å². The highest BCUT2D eigenvalue weighted by Gasteiger charge is 2.18. The summed E-state index contributed by atoms with van der Waals surface area (Å²) in [5.41, 5.74) is 1.67. The number of thioether (sulfide) groups is 1. The first-order chi connectivity index (χ1) is 13.4. The summed E-state index contributed by atoms with van der Waals surface area (Å²) in [6.07, 6.45) is 2.48. The van der Waals surface area contributed by atoms with Gasteiger partial charge in [-0.25, -0.2) is 0 Å². The molecule has 0 bridgehead atoms. The first-order valence-electron chi connectivity index (χ1n) is 8.63. The van der Waals surface area contributed by atoms with E-state index in [1.165, 1.54) is 0 Å². The number of benzene rings is 2. The highest BCUT2D eigenvalue weighted by Crippen LogP contribution is 2.34. The van der Waals surface area contributed by atoms with E-state index in [1.54, 1.807) is 37.1 Å². The molecule has 0 aliphatic carbocycles. The number of halogens is 2. The summed E-state index contributed by atoms with van der Waals surface area (Å²) in [5, 5.41) is 13.5. The van der Waals surface area contributed by atoms with E-state index >= 15 is 0 Å². The second-order valence-corrected chi connectivity index (χ2v) is 7.90. The minimum absolute atomic E-state index is 0.315. The zero-order valence-corrected chi connectivity index (χ0v) is 18.0. The maximum absolute atomic E-state index is 11.4. The molecular weight excluding hydrogens is 421 g/mol. The first-order valence-corrected chi connectivity index (χ1v) is 10.8. The van der Waals surface area contributed by atoms with Gasteiger partial charge in [-0.1, -0.05) is 35.3 Å². The van der Waals surface area contributed by atoms with Crippen molar-refractivity contribution in [2.24, 2.45) is 0 Å². The SMILES string of the molecule is COc1cc(CNC(CCSC)C(=O)O)c(Cl)cc1OCc1cccc(Cl)c1. The fraction of sp³-hybridized carbons (Fsp3) is 0.350. The fourth-order valence-electron chi connectivity index (χ4n) is 2.55. The molecule has 0 radical (unpaired) electrons. The minimum Gasteiger partial charge on any atom is -0.493 e. The van der Waals surface area contributed by atoms with E-state index in [4.69, 9.17) is 32.7 Å². The van der Waals surface area contributed by atoms with E-state index in [1.807, 2.05) is 24.5 Å². The summed E-state index contributed by atoms with van der Waals surface area (Å²) >= 11 is 14.0. The number of ether oxygens (including phenoxy) is 2. The van der Waals surface area contributed by atoms with Crippen molar-refractivity contribution in [2.45, 2.75) is 25.6 Å². The molecule has 28 heavy (non-hydrogen) atoms. The van der Waals surface area contributed by atoms with Gasteiger partial charge in [-0.15, -0.1) is 0 Å². The molecule has 2 aromatic carbocycles. The van der Waals surface area contributed by atoms with Crippen LogP contribution in [0.2, 0.25) is 10.0 Å². The molecule has 0 fully saturated rings. The van der Waals surface area contributed by atoms with Crippen LogP contribution < -0.4 is 14.8 Å². The van der Waals surface area contributed by atoms with Gasteiger partial charge in [0, 0.05) is 22.7 Å². The smallest absolute Gasteiger partial charge is 0.320 e. The monoisotopic (exact) mass is 443 g/mol. The average molecular weight is 444 g/mol. The highest BCUT2D eigenvalue weighted by molar-refractivity contribution is 7.98. The predicted octanol–water partition coefficient (Wildman–Crippen LogP) is 4.88. The Morgan fingerprint density at radius 2 is 2.04 bits per heavy atom. The van der Waals surface area contributed by atoms with Crippen LogP contribution in [-0.2, 0) is 17.9 Å². The van der Waals surface area contributed by atoms with Crippen molar-refractivity contribution < 1.29 is 19.4 Å². The van der Waals surface area contributed by atoms with Crippen molar-refractivity contribution in [3.63, 3.8) is 0 Å². The first kappa shape index (κ1) is 22.7. The molecule has 152 valence electrons. The Bertz CT molecular complexity index is 804. The molecule has 0 heterocycles. The van der Waals surface area contributed by atoms with Crippen LogP contribution in [0.15, 0.2) is 36.4 Å². The van der Waals surface area contributed by atoms with Crippen molar-refractivity contribution in [2.75, 3.05) is 19.1 Å². The fourth-order valence-corrected chi connectivity index (χ4v) is 3.46. The van der Waals surface area contributed by atoms with Crippen LogP contribution in [0, 0.1) is 0 Å². The van der Waals surface area contributed by atoms with Gasteiger partial charge in [0.2, 0.25) is 0 Å². The zero-order chi connectivity index (χ0) is 20.5. The van der Waals surface area contributed by atoms with Crippen LogP contribution in [0.1, 0.15) is 17.5 Å². The Balaban J connectivity index is 2.08. The summed E-state index contributed by atoms with van der Waals surface area (Å²) in [5.74, 6) is 0.920. The van der Waals surface area contributed by atoms with Gasteiger partial charge in [0.25, 0.3) is 0 Å². The lowest BCUT2D eigenvalue weighted by molar-refractivity contribution is -0.139. The molecule has 0 saturated heterocycles. The average Bonchev–Trinajstić information content (AvgIpc) is 2.67. The number of carboxylic acids is 1. The number of methoxy groups -OCH3 is 1. The van der Waals surface area contributed by atoms with Gasteiger partial charge in [0.15, 0.2) is 11.5 Å². The number of carbonyl (C=O) groups is 1. The number of nitrogens with one attached hydrogen (secondary N) is 1. The Morgan fingerprint density at radius 1 is 1.25 bits per heavy atom. The standard InChI is InChI=1S/C20H23Cl2NO4S/c1-26-18-9-14(11-23-17(20(24)25)6-7-28-2)16(22)10-19(18)27-12-13-4-3-5-15(21)8-13/h3-5,8-10,17,23H,6-7,11-12H2,1-2H3,(H,24,25). The Kier molecular flexibility index (Phi) is 9.25. The van der Waals surface area contributed by atoms with Gasteiger partial charge in [0.1, 0.15) is 12.6 Å². The lowest BCUT2D eigenvalue weighted by Crippen LogP contribution is -2.36. The van der Waals surface area contributed by atoms with Crippen molar-refractivity contribution in [1.29, 1.82) is 0 Å². The third kappa shape index (κ3) is 6.78. The van der Waals surface area contributed by atoms with Crippen molar-refractivity contribution in [3.8, 4) is 11.5 Å². The number of rotatable bonds is 11. The van der Waals surface area contributed by atoms with E-state index in [0.717, 1.165) is 16.9 Å². The maximum Gasteiger partial charge on any atom is 0.320 e. The van der Waals surface area contributed by atoms with E-state index < -0.39 is 12.0 Å². The molecule has 0 aromatic heterocycles. The molecule has 2 aromatic rings. The Hall–Kier alpha value is -1.60. The van der Waals surface area contributed by atoms with Crippen molar-refractivity contribution in [1.82, 2.24) is 5.32 Å². The van der Waals surface area contributed by atoms with Crippen LogP contribution in [0.4, 0.5) is 0 Å². The topological polar surface area (TPSA) is 67.8 Å². The maximum atomic E-state index is 11.4. The van der Waals surface area contributed by atoms with Gasteiger partial charge >= 0.3 is 5.97 Å². The molecule has 0 amide bonds. The number of aliphatic carboxylic acids is 1. The zero-order valence-electron chi connectivity index (χ0n) is 15.7. The predicted molar refractivity (Wildman–Crippen MR) is 115 cm³/mol. The van der Waals surface area contributed by atoms with Gasteiger partial charge < -0.3 is 19.9 Å². The van der Waals surface area contributed by atoms with Crippen LogP contribution in [0.25, 0.3) is 0 Å². The summed E-state index contributed by atoms with van der Waals surface area (Å²) in [6.45, 7) is 0.635. The molecule has 5 nitrogen and oxygen atoms in total. The molecule has 2 rings (SSSR count). The third-order valence-electron chi connectivity index (χ3n) is 4.06. The van der Waals surface area contributed by atoms with E-state index in [-0.39, 0.29) is 0 Å². The van der Waals surface area contributed by atoms with E-state index in [2.05, 4.69) is 5.32 Å². The molecule has 0 spiro atoms. The summed E-state index contributed by atoms with van der Waals surface area (Å²) in [4.78, 5) is 11.4. The largest absolute Gasteiger partial charge is 0.493 e. The molecule has 0 saturated carbocycles. The molecule has 0 aliphatic heterocycles. The van der Waals surface area contributed by atoms with E-state index in [0.29, 0.717) is 41.1 Å². The van der Waals surface area contributed by atoms with Crippen LogP contribution in [0.3, 0.4) is 0 Å². The lowest BCUT2D eigenvalue weighted by Gasteiger charge is -2.17. The van der Waals surface area contributed by atoms with Gasteiger partial charge in [-0.2, -0.15) is 11.8 Å². The second kappa shape index (κ2) is 11.4. The number of hydrogen-bond acceptors (Lipinski definition) is 5. The quantitative estimate of drug-likeness (QED) is 0.515. The van der Waals surface area contributed by atoms with Crippen LogP contribution in [0.5, 0.6) is 11.5 Å². The summed E-state index contributed by atoms with van der Waals surface area (Å²) in [7, 11) is 1.55. The lowest BCUT2D eigenvalue weighted by atomic mass is 10.1. The Morgan fingerprint density at radius 3 is 2.68 bits per heavy atom. The molecule has 2 N–H and O–H groups in total. The van der Waals surface area contributed by atoms with Crippen LogP contribution in [-0.4, -0.2) is 36.2 Å². The van der Waals surface area contributed by atoms with Crippen LogP contribution >= 0.6 is 35.0 Å². The summed E-state index contributed by atoms with van der Waals surface area (Å²) < 4.78 is 11.3. The molecular formula is C20H23Cl2NO4S. The van der Waals surface area contributed by atoms with Crippen molar-refractivity contribution >= 4 is 40.9 Å². The van der Waals surface area contributed by atoms with Crippen molar-refractivity contribution in [3.05, 3.63) is 57.6 Å². The minimum atomic E-state index is -0.876. The third-order valence-corrected chi connectivity index (χ3v) is 5.29. The highest BCUT2D eigenvalue weighted by atomic mass is 35.5. The summed E-state index contributed by atoms with van der Waals surface area (Å²) in [6, 6.07) is 10.2. The molecule has 0 aliphatic rings. The molecule has 1 atom stereocenters. The number of carboxylic acid groups (broad SMARTS) is 1. The van der Waals surface area contributed by atoms with E-state index in [9.17, 15) is 9.90 Å². The molecule has 8 heteroatoms. The molecule has 1 unspecified atom stereocenters.